The Kier molecular flexibility index (Phi) is 3.65. The molecule has 1 aromatic rings. The average Bonchev–Trinajstić information content (AvgIpc) is 2.47. The molecule has 1 rings (SSSR count). The van der Waals surface area contributed by atoms with E-state index < -0.39 is 0 Å². The predicted molar refractivity (Wildman–Crippen MR) is 52.2 cm³/mol. The topological polar surface area (TPSA) is 50.9 Å². The molecular weight excluding hydrogens is 170 g/mol. The Labute approximate surface area is 77.0 Å². The molecule has 1 heterocycles. The van der Waals surface area contributed by atoms with Crippen LogP contribution < -0.4 is 11.1 Å². The van der Waals surface area contributed by atoms with Crippen LogP contribution in [0.15, 0.2) is 6.20 Å². The van der Waals surface area contributed by atoms with Gasteiger partial charge in [0.15, 0.2) is 0 Å². The van der Waals surface area contributed by atoms with Gasteiger partial charge in [0.05, 0.1) is 5.01 Å². The largest absolute Gasteiger partial charge is 0.329 e. The summed E-state index contributed by atoms with van der Waals surface area (Å²) >= 11 is 1.73. The summed E-state index contributed by atoms with van der Waals surface area (Å²) in [6.45, 7) is 5.65. The van der Waals surface area contributed by atoms with Gasteiger partial charge in [-0.15, -0.1) is 11.3 Å². The molecule has 68 valence electrons. The van der Waals surface area contributed by atoms with Gasteiger partial charge in [-0.2, -0.15) is 0 Å². The first-order valence-electron chi connectivity index (χ1n) is 4.07. The number of aryl methyl sites for hydroxylation is 1. The fourth-order valence-electron chi connectivity index (χ4n) is 0.845. The zero-order chi connectivity index (χ0) is 8.97. The zero-order valence-electron chi connectivity index (χ0n) is 7.50. The first-order valence-corrected chi connectivity index (χ1v) is 4.88. The molecule has 1 atom stereocenters. The molecule has 1 aromatic heterocycles. The van der Waals surface area contributed by atoms with Gasteiger partial charge in [0, 0.05) is 30.2 Å². The second kappa shape index (κ2) is 4.54. The van der Waals surface area contributed by atoms with E-state index in [0.29, 0.717) is 12.6 Å². The van der Waals surface area contributed by atoms with E-state index >= 15 is 0 Å². The van der Waals surface area contributed by atoms with Crippen LogP contribution in [-0.4, -0.2) is 17.6 Å². The normalized spacial score (nSPS) is 13.2. The minimum Gasteiger partial charge on any atom is -0.329 e. The third-order valence-corrected chi connectivity index (χ3v) is 2.56. The number of hydrogen-bond acceptors (Lipinski definition) is 4. The monoisotopic (exact) mass is 185 g/mol. The van der Waals surface area contributed by atoms with E-state index in [1.165, 1.54) is 4.88 Å². The van der Waals surface area contributed by atoms with E-state index in [1.807, 2.05) is 13.1 Å². The van der Waals surface area contributed by atoms with Crippen LogP contribution in [0.3, 0.4) is 0 Å². The maximum atomic E-state index is 5.47. The number of aromatic nitrogens is 1. The van der Waals surface area contributed by atoms with Gasteiger partial charge in [-0.25, -0.2) is 4.98 Å². The molecule has 3 nitrogen and oxygen atoms in total. The van der Waals surface area contributed by atoms with Crippen molar-refractivity contribution in [3.63, 3.8) is 0 Å². The van der Waals surface area contributed by atoms with Crippen LogP contribution in [0.5, 0.6) is 0 Å². The van der Waals surface area contributed by atoms with Crippen molar-refractivity contribution >= 4 is 11.3 Å². The summed E-state index contributed by atoms with van der Waals surface area (Å²) in [7, 11) is 0. The smallest absolute Gasteiger partial charge is 0.0897 e. The Hall–Kier alpha value is -0.450. The maximum Gasteiger partial charge on any atom is 0.0897 e. The van der Waals surface area contributed by atoms with Crippen LogP contribution in [-0.2, 0) is 6.54 Å². The number of rotatable bonds is 4. The lowest BCUT2D eigenvalue weighted by atomic mass is 10.3. The minimum absolute atomic E-state index is 0.382. The third-order valence-electron chi connectivity index (χ3n) is 1.65. The molecule has 0 radical (unpaired) electrons. The SMILES string of the molecule is Cc1ncc(CNC(C)CN)s1. The fraction of sp³-hybridized carbons (Fsp3) is 0.625. The number of nitrogens with two attached hydrogens (primary N) is 1. The van der Waals surface area contributed by atoms with Crippen LogP contribution in [0.2, 0.25) is 0 Å². The Morgan fingerprint density at radius 2 is 2.50 bits per heavy atom. The highest BCUT2D eigenvalue weighted by Gasteiger charge is 2.00. The number of thiazole rings is 1. The molecule has 0 saturated heterocycles. The van der Waals surface area contributed by atoms with Crippen molar-refractivity contribution in [2.45, 2.75) is 26.4 Å². The summed E-state index contributed by atoms with van der Waals surface area (Å²) in [5, 5.41) is 4.43. The molecule has 0 aliphatic rings. The molecule has 0 aliphatic carbocycles. The van der Waals surface area contributed by atoms with Crippen LogP contribution in [0.4, 0.5) is 0 Å². The summed E-state index contributed by atoms with van der Waals surface area (Å²) in [5.41, 5.74) is 5.47. The number of nitrogens with one attached hydrogen (secondary N) is 1. The van der Waals surface area contributed by atoms with Crippen molar-refractivity contribution in [1.29, 1.82) is 0 Å². The van der Waals surface area contributed by atoms with E-state index in [1.54, 1.807) is 11.3 Å². The average molecular weight is 185 g/mol. The molecule has 0 spiro atoms. The van der Waals surface area contributed by atoms with E-state index in [9.17, 15) is 0 Å². The molecule has 1 unspecified atom stereocenters. The molecule has 4 heteroatoms. The van der Waals surface area contributed by atoms with E-state index in [0.717, 1.165) is 11.6 Å². The van der Waals surface area contributed by atoms with Gasteiger partial charge in [0.1, 0.15) is 0 Å². The summed E-state index contributed by atoms with van der Waals surface area (Å²) < 4.78 is 0. The van der Waals surface area contributed by atoms with Gasteiger partial charge in [-0.3, -0.25) is 0 Å². The molecule has 12 heavy (non-hydrogen) atoms. The molecule has 3 N–H and O–H groups in total. The lowest BCUT2D eigenvalue weighted by Gasteiger charge is -2.08. The second-order valence-electron chi connectivity index (χ2n) is 2.86. The van der Waals surface area contributed by atoms with Crippen molar-refractivity contribution in [3.05, 3.63) is 16.1 Å². The molecule has 0 saturated carbocycles. The van der Waals surface area contributed by atoms with Gasteiger partial charge in [-0.05, 0) is 13.8 Å². The lowest BCUT2D eigenvalue weighted by Crippen LogP contribution is -2.32. The fourth-order valence-corrected chi connectivity index (χ4v) is 1.59. The first kappa shape index (κ1) is 9.64. The molecule has 0 aromatic carbocycles. The van der Waals surface area contributed by atoms with Crippen molar-refractivity contribution in [2.75, 3.05) is 6.54 Å². The summed E-state index contributed by atoms with van der Waals surface area (Å²) in [5.74, 6) is 0. The van der Waals surface area contributed by atoms with Crippen molar-refractivity contribution < 1.29 is 0 Å². The second-order valence-corrected chi connectivity index (χ2v) is 4.18. The van der Waals surface area contributed by atoms with Crippen LogP contribution >= 0.6 is 11.3 Å². The maximum absolute atomic E-state index is 5.47. The van der Waals surface area contributed by atoms with Gasteiger partial charge in [-0.1, -0.05) is 0 Å². The first-order chi connectivity index (χ1) is 5.72. The Bertz CT molecular complexity index is 234. The third kappa shape index (κ3) is 2.89. The molecule has 0 fully saturated rings. The van der Waals surface area contributed by atoms with E-state index in [-0.39, 0.29) is 0 Å². The zero-order valence-corrected chi connectivity index (χ0v) is 8.32. The minimum atomic E-state index is 0.382. The number of hydrogen-bond donors (Lipinski definition) is 2. The summed E-state index contributed by atoms with van der Waals surface area (Å²) in [4.78, 5) is 5.44. The molecule has 0 amide bonds. The van der Waals surface area contributed by atoms with E-state index in [4.69, 9.17) is 5.73 Å². The quantitative estimate of drug-likeness (QED) is 0.732. The number of nitrogens with zero attached hydrogens (tertiary/aromatic N) is 1. The molecular formula is C8H15N3S. The van der Waals surface area contributed by atoms with Crippen molar-refractivity contribution in [1.82, 2.24) is 10.3 Å². The van der Waals surface area contributed by atoms with Gasteiger partial charge >= 0.3 is 0 Å². The lowest BCUT2D eigenvalue weighted by molar-refractivity contribution is 0.559. The van der Waals surface area contributed by atoms with E-state index in [2.05, 4.69) is 17.2 Å². The Morgan fingerprint density at radius 3 is 3.00 bits per heavy atom. The van der Waals surface area contributed by atoms with Gasteiger partial charge in [0.2, 0.25) is 0 Å². The summed E-state index contributed by atoms with van der Waals surface area (Å²) in [6, 6.07) is 0.382. The van der Waals surface area contributed by atoms with Gasteiger partial charge < -0.3 is 11.1 Å². The van der Waals surface area contributed by atoms with Crippen molar-refractivity contribution in [2.24, 2.45) is 5.73 Å². The Morgan fingerprint density at radius 1 is 1.75 bits per heavy atom. The van der Waals surface area contributed by atoms with Crippen LogP contribution in [0.25, 0.3) is 0 Å². The van der Waals surface area contributed by atoms with Gasteiger partial charge in [0.25, 0.3) is 0 Å². The highest BCUT2D eigenvalue weighted by Crippen LogP contribution is 2.10. The molecule has 0 bridgehead atoms. The summed E-state index contributed by atoms with van der Waals surface area (Å²) in [6.07, 6.45) is 1.91. The van der Waals surface area contributed by atoms with Crippen LogP contribution in [0.1, 0.15) is 16.8 Å². The van der Waals surface area contributed by atoms with Crippen LogP contribution in [0, 0.1) is 6.92 Å². The van der Waals surface area contributed by atoms with Crippen molar-refractivity contribution in [3.8, 4) is 0 Å². The standard InChI is InChI=1S/C8H15N3S/c1-6(3-9)10-4-8-5-11-7(2)12-8/h5-6,10H,3-4,9H2,1-2H3. The predicted octanol–water partition coefficient (Wildman–Crippen LogP) is 0.888. The molecule has 0 aliphatic heterocycles. The Balaban J connectivity index is 2.33. The highest BCUT2D eigenvalue weighted by molar-refractivity contribution is 7.11. The highest BCUT2D eigenvalue weighted by atomic mass is 32.1.